The van der Waals surface area contributed by atoms with Crippen molar-refractivity contribution in [3.63, 3.8) is 0 Å². The minimum Gasteiger partial charge on any atom is -0.491 e. The van der Waals surface area contributed by atoms with Gasteiger partial charge in [-0.05, 0) is 42.7 Å². The molecule has 3 nitrogen and oxygen atoms in total. The summed E-state index contributed by atoms with van der Waals surface area (Å²) in [7, 11) is 0. The summed E-state index contributed by atoms with van der Waals surface area (Å²) in [6, 6.07) is 8.38. The Morgan fingerprint density at radius 3 is 2.61 bits per heavy atom. The quantitative estimate of drug-likeness (QED) is 0.707. The molecule has 1 aromatic carbocycles. The Morgan fingerprint density at radius 1 is 1.13 bits per heavy atom. The number of quaternary nitrogens is 1. The zero-order valence-corrected chi connectivity index (χ0v) is 15.1. The van der Waals surface area contributed by atoms with Gasteiger partial charge in [-0.3, -0.25) is 0 Å². The molecule has 1 aliphatic rings. The van der Waals surface area contributed by atoms with Crippen LogP contribution in [-0.4, -0.2) is 39.5 Å². The first-order valence-electron chi connectivity index (χ1n) is 9.33. The van der Waals surface area contributed by atoms with Gasteiger partial charge in [0, 0.05) is 0 Å². The smallest absolute Gasteiger partial charge is 0.122 e. The Bertz CT molecular complexity index is 441. The van der Waals surface area contributed by atoms with Gasteiger partial charge in [0.05, 0.1) is 26.3 Å². The van der Waals surface area contributed by atoms with Crippen LogP contribution in [0.1, 0.15) is 51.5 Å². The van der Waals surface area contributed by atoms with E-state index < -0.39 is 0 Å². The minimum atomic E-state index is 0.539. The maximum atomic E-state index is 5.93. The Labute approximate surface area is 142 Å². The molecular weight excluding hydrogens is 286 g/mol. The van der Waals surface area contributed by atoms with Gasteiger partial charge in [0.1, 0.15) is 18.9 Å². The average molecular weight is 320 g/mol. The van der Waals surface area contributed by atoms with Crippen LogP contribution in [0.3, 0.4) is 0 Å². The van der Waals surface area contributed by atoms with E-state index in [1.165, 1.54) is 31.5 Å². The number of likely N-dealkylation sites (tertiary alicyclic amines) is 1. The van der Waals surface area contributed by atoms with Gasteiger partial charge in [-0.2, -0.15) is 0 Å². The maximum Gasteiger partial charge on any atom is 0.122 e. The third kappa shape index (κ3) is 6.15. The van der Waals surface area contributed by atoms with Gasteiger partial charge in [0.25, 0.3) is 0 Å². The number of ether oxygens (including phenoxy) is 2. The molecule has 23 heavy (non-hydrogen) atoms. The van der Waals surface area contributed by atoms with E-state index >= 15 is 0 Å². The molecule has 130 valence electrons. The van der Waals surface area contributed by atoms with Gasteiger partial charge < -0.3 is 14.4 Å². The number of hydrogen-bond acceptors (Lipinski definition) is 2. The first-order valence-corrected chi connectivity index (χ1v) is 9.33. The number of nitrogens with one attached hydrogen (secondary N) is 1. The number of para-hydroxylation sites is 1. The maximum absolute atomic E-state index is 5.93. The van der Waals surface area contributed by atoms with Crippen LogP contribution in [0.15, 0.2) is 24.3 Å². The number of benzene rings is 1. The Hall–Kier alpha value is -1.06. The van der Waals surface area contributed by atoms with Gasteiger partial charge in [-0.1, -0.05) is 39.0 Å². The molecule has 3 heteroatoms. The molecule has 1 aromatic rings. The van der Waals surface area contributed by atoms with E-state index in [4.69, 9.17) is 9.47 Å². The molecule has 1 atom stereocenters. The second-order valence-corrected chi connectivity index (χ2v) is 6.99. The molecule has 2 rings (SSSR count). The van der Waals surface area contributed by atoms with Crippen molar-refractivity contribution in [2.24, 2.45) is 5.92 Å². The van der Waals surface area contributed by atoms with E-state index in [-0.39, 0.29) is 0 Å². The van der Waals surface area contributed by atoms with Gasteiger partial charge >= 0.3 is 0 Å². The lowest BCUT2D eigenvalue weighted by atomic mass is 9.98. The van der Waals surface area contributed by atoms with Crippen molar-refractivity contribution in [2.75, 3.05) is 39.5 Å². The molecule has 1 heterocycles. The molecule has 1 saturated heterocycles. The zero-order chi connectivity index (χ0) is 16.5. The molecule has 0 aliphatic carbocycles. The SMILES string of the molecule is CC[C@H](C)c1ccccc1OCCOCC[NH+]1CCC(C)CC1. The fourth-order valence-corrected chi connectivity index (χ4v) is 3.19. The van der Waals surface area contributed by atoms with E-state index in [0.29, 0.717) is 19.1 Å². The van der Waals surface area contributed by atoms with Crippen LogP contribution in [0.2, 0.25) is 0 Å². The fourth-order valence-electron chi connectivity index (χ4n) is 3.19. The highest BCUT2D eigenvalue weighted by molar-refractivity contribution is 5.35. The second kappa shape index (κ2) is 9.94. The molecule has 0 radical (unpaired) electrons. The van der Waals surface area contributed by atoms with Gasteiger partial charge in [-0.15, -0.1) is 0 Å². The van der Waals surface area contributed by atoms with Crippen molar-refractivity contribution in [3.05, 3.63) is 29.8 Å². The average Bonchev–Trinajstić information content (AvgIpc) is 2.59. The summed E-state index contributed by atoms with van der Waals surface area (Å²) >= 11 is 0. The molecular formula is C20H34NO2+. The van der Waals surface area contributed by atoms with E-state index in [1.807, 2.05) is 6.07 Å². The van der Waals surface area contributed by atoms with Crippen LogP contribution in [0.25, 0.3) is 0 Å². The zero-order valence-electron chi connectivity index (χ0n) is 15.1. The normalized spacial score (nSPS) is 22.7. The summed E-state index contributed by atoms with van der Waals surface area (Å²) < 4.78 is 11.7. The standard InChI is InChI=1S/C20H33NO2/c1-4-18(3)19-7-5-6-8-20(19)23-16-15-22-14-13-21-11-9-17(2)10-12-21/h5-8,17-18H,4,9-16H2,1-3H3/p+1/t18-/m0/s1. The van der Waals surface area contributed by atoms with Gasteiger partial charge in [0.15, 0.2) is 0 Å². The Morgan fingerprint density at radius 2 is 1.87 bits per heavy atom. The molecule has 0 spiro atoms. The third-order valence-electron chi connectivity index (χ3n) is 5.13. The summed E-state index contributed by atoms with van der Waals surface area (Å²) in [6.07, 6.45) is 3.86. The van der Waals surface area contributed by atoms with E-state index in [1.54, 1.807) is 4.90 Å². The lowest BCUT2D eigenvalue weighted by Gasteiger charge is -2.27. The van der Waals surface area contributed by atoms with Crippen LogP contribution in [-0.2, 0) is 4.74 Å². The van der Waals surface area contributed by atoms with Gasteiger partial charge in [-0.25, -0.2) is 0 Å². The fraction of sp³-hybridized carbons (Fsp3) is 0.700. The van der Waals surface area contributed by atoms with Crippen LogP contribution in [0, 0.1) is 5.92 Å². The largest absolute Gasteiger partial charge is 0.491 e. The lowest BCUT2D eigenvalue weighted by Crippen LogP contribution is -3.13. The molecule has 1 fully saturated rings. The summed E-state index contributed by atoms with van der Waals surface area (Å²) in [4.78, 5) is 1.70. The molecule has 1 aliphatic heterocycles. The van der Waals surface area contributed by atoms with Crippen molar-refractivity contribution in [1.29, 1.82) is 0 Å². The van der Waals surface area contributed by atoms with E-state index in [9.17, 15) is 0 Å². The van der Waals surface area contributed by atoms with Crippen LogP contribution < -0.4 is 9.64 Å². The molecule has 0 saturated carbocycles. The first kappa shape index (κ1) is 18.3. The Kier molecular flexibility index (Phi) is 7.90. The van der Waals surface area contributed by atoms with Crippen LogP contribution in [0.5, 0.6) is 5.75 Å². The number of rotatable bonds is 9. The predicted octanol–water partition coefficient (Wildman–Crippen LogP) is 2.91. The predicted molar refractivity (Wildman–Crippen MR) is 95.4 cm³/mol. The van der Waals surface area contributed by atoms with E-state index in [2.05, 4.69) is 39.0 Å². The summed E-state index contributed by atoms with van der Waals surface area (Å²) in [6.45, 7) is 12.7. The highest BCUT2D eigenvalue weighted by atomic mass is 16.5. The molecule has 0 bridgehead atoms. The van der Waals surface area contributed by atoms with Crippen molar-refractivity contribution in [3.8, 4) is 5.75 Å². The van der Waals surface area contributed by atoms with Crippen molar-refractivity contribution >= 4 is 0 Å². The summed E-state index contributed by atoms with van der Waals surface area (Å²) in [5, 5.41) is 0. The number of hydrogen-bond donors (Lipinski definition) is 1. The van der Waals surface area contributed by atoms with Crippen LogP contribution >= 0.6 is 0 Å². The summed E-state index contributed by atoms with van der Waals surface area (Å²) in [5.41, 5.74) is 1.31. The Balaban J connectivity index is 1.61. The highest BCUT2D eigenvalue weighted by Gasteiger charge is 2.18. The summed E-state index contributed by atoms with van der Waals surface area (Å²) in [5.74, 6) is 2.47. The highest BCUT2D eigenvalue weighted by Crippen LogP contribution is 2.28. The van der Waals surface area contributed by atoms with Crippen molar-refractivity contribution in [2.45, 2.75) is 46.0 Å². The molecule has 0 unspecified atom stereocenters. The molecule has 0 amide bonds. The molecule has 1 N–H and O–H groups in total. The monoisotopic (exact) mass is 320 g/mol. The first-order chi connectivity index (χ1) is 11.2. The molecule has 0 aromatic heterocycles. The van der Waals surface area contributed by atoms with Crippen molar-refractivity contribution in [1.82, 2.24) is 0 Å². The lowest BCUT2D eigenvalue weighted by molar-refractivity contribution is -0.906. The number of piperidine rings is 1. The second-order valence-electron chi connectivity index (χ2n) is 6.99. The minimum absolute atomic E-state index is 0.539. The van der Waals surface area contributed by atoms with Crippen LogP contribution in [0.4, 0.5) is 0 Å². The topological polar surface area (TPSA) is 22.9 Å². The van der Waals surface area contributed by atoms with E-state index in [0.717, 1.165) is 31.2 Å². The van der Waals surface area contributed by atoms with Crippen molar-refractivity contribution < 1.29 is 14.4 Å². The van der Waals surface area contributed by atoms with Gasteiger partial charge in [0.2, 0.25) is 0 Å². The third-order valence-corrected chi connectivity index (χ3v) is 5.13.